The molecular weight excluding hydrogens is 419 g/mol. The molecule has 1 aromatic carbocycles. The number of nitriles is 1. The molecule has 4 rings (SSSR count). The van der Waals surface area contributed by atoms with Crippen LogP contribution in [-0.4, -0.2) is 27.7 Å². The van der Waals surface area contributed by atoms with E-state index in [2.05, 4.69) is 16.0 Å². The number of carbonyl (C=O) groups is 1. The summed E-state index contributed by atoms with van der Waals surface area (Å²) in [7, 11) is 0. The van der Waals surface area contributed by atoms with E-state index in [1.165, 1.54) is 34.3 Å². The van der Waals surface area contributed by atoms with Crippen LogP contribution in [0.25, 0.3) is 10.2 Å². The van der Waals surface area contributed by atoms with E-state index < -0.39 is 5.25 Å². The molecule has 1 unspecified atom stereocenters. The second-order valence-corrected chi connectivity index (χ2v) is 9.66. The molecule has 2 aromatic heterocycles. The van der Waals surface area contributed by atoms with E-state index in [0.717, 1.165) is 34.5 Å². The molecular formula is C22H21FN4OS2. The largest absolute Gasteiger partial charge is 0.310 e. The molecule has 0 saturated heterocycles. The summed E-state index contributed by atoms with van der Waals surface area (Å²) in [4.78, 5) is 26.5. The third-order valence-corrected chi connectivity index (χ3v) is 7.39. The number of amides is 1. The first-order valence-electron chi connectivity index (χ1n) is 9.87. The van der Waals surface area contributed by atoms with E-state index in [9.17, 15) is 9.18 Å². The van der Waals surface area contributed by atoms with Crippen molar-refractivity contribution in [2.75, 3.05) is 11.4 Å². The Balaban J connectivity index is 1.63. The number of anilines is 1. The van der Waals surface area contributed by atoms with E-state index in [4.69, 9.17) is 5.26 Å². The Kier molecular flexibility index (Phi) is 6.02. The zero-order valence-corrected chi connectivity index (χ0v) is 18.4. The number of thiophene rings is 1. The van der Waals surface area contributed by atoms with Gasteiger partial charge in [-0.05, 0) is 62.9 Å². The standard InChI is InChI=1S/C22H21FN4OS2/c1-13(22(28)27(12-4-11-24)16-9-7-15(23)8-10-16)29-20-19-17-5-3-6-18(17)30-21(19)26-14(2)25-20/h7-10,13H,3-6,12H2,1-2H3. The minimum atomic E-state index is -0.414. The lowest BCUT2D eigenvalue weighted by Crippen LogP contribution is -2.37. The van der Waals surface area contributed by atoms with Crippen LogP contribution in [-0.2, 0) is 17.6 Å². The van der Waals surface area contributed by atoms with E-state index in [-0.39, 0.29) is 24.7 Å². The summed E-state index contributed by atoms with van der Waals surface area (Å²) in [6, 6.07) is 7.88. The summed E-state index contributed by atoms with van der Waals surface area (Å²) in [5, 5.41) is 10.5. The van der Waals surface area contributed by atoms with Crippen molar-refractivity contribution in [1.29, 1.82) is 5.26 Å². The van der Waals surface area contributed by atoms with Crippen molar-refractivity contribution in [3.8, 4) is 6.07 Å². The molecule has 0 bridgehead atoms. The molecule has 1 aliphatic carbocycles. The number of fused-ring (bicyclic) bond motifs is 3. The second-order valence-electron chi connectivity index (χ2n) is 7.25. The van der Waals surface area contributed by atoms with Crippen molar-refractivity contribution in [1.82, 2.24) is 9.97 Å². The average Bonchev–Trinajstić information content (AvgIpc) is 3.29. The molecule has 2 heterocycles. The van der Waals surface area contributed by atoms with Gasteiger partial charge in [-0.2, -0.15) is 5.26 Å². The highest BCUT2D eigenvalue weighted by Gasteiger charge is 2.27. The zero-order valence-electron chi connectivity index (χ0n) is 16.8. The van der Waals surface area contributed by atoms with Crippen molar-refractivity contribution in [2.24, 2.45) is 0 Å². The smallest absolute Gasteiger partial charge is 0.240 e. The van der Waals surface area contributed by atoms with Crippen LogP contribution in [0.5, 0.6) is 0 Å². The number of rotatable bonds is 6. The van der Waals surface area contributed by atoms with Gasteiger partial charge in [-0.25, -0.2) is 14.4 Å². The normalized spacial score (nSPS) is 13.8. The van der Waals surface area contributed by atoms with Gasteiger partial charge >= 0.3 is 0 Å². The van der Waals surface area contributed by atoms with Crippen molar-refractivity contribution in [3.63, 3.8) is 0 Å². The molecule has 0 radical (unpaired) electrons. The van der Waals surface area contributed by atoms with Gasteiger partial charge in [0.1, 0.15) is 21.5 Å². The van der Waals surface area contributed by atoms with Crippen LogP contribution >= 0.6 is 23.1 Å². The van der Waals surface area contributed by atoms with Gasteiger partial charge in [-0.3, -0.25) is 4.79 Å². The monoisotopic (exact) mass is 440 g/mol. The molecule has 0 saturated carbocycles. The van der Waals surface area contributed by atoms with E-state index in [1.54, 1.807) is 28.4 Å². The summed E-state index contributed by atoms with van der Waals surface area (Å²) in [6.07, 6.45) is 3.47. The number of benzene rings is 1. The number of hydrogen-bond acceptors (Lipinski definition) is 6. The maximum Gasteiger partial charge on any atom is 0.240 e. The minimum Gasteiger partial charge on any atom is -0.310 e. The van der Waals surface area contributed by atoms with Crippen LogP contribution in [0.3, 0.4) is 0 Å². The van der Waals surface area contributed by atoms with Crippen LogP contribution in [0.2, 0.25) is 0 Å². The first-order valence-corrected chi connectivity index (χ1v) is 11.6. The van der Waals surface area contributed by atoms with Crippen molar-refractivity contribution < 1.29 is 9.18 Å². The van der Waals surface area contributed by atoms with Crippen molar-refractivity contribution in [2.45, 2.75) is 49.8 Å². The van der Waals surface area contributed by atoms with Crippen LogP contribution in [0, 0.1) is 24.1 Å². The Morgan fingerprint density at radius 1 is 1.33 bits per heavy atom. The van der Waals surface area contributed by atoms with Crippen molar-refractivity contribution >= 4 is 44.9 Å². The molecule has 30 heavy (non-hydrogen) atoms. The lowest BCUT2D eigenvalue weighted by Gasteiger charge is -2.25. The molecule has 5 nitrogen and oxygen atoms in total. The number of nitrogens with zero attached hydrogens (tertiary/aromatic N) is 4. The van der Waals surface area contributed by atoms with Gasteiger partial charge in [0.2, 0.25) is 5.91 Å². The molecule has 0 spiro atoms. The summed E-state index contributed by atoms with van der Waals surface area (Å²) in [6.45, 7) is 3.99. The van der Waals surface area contributed by atoms with Crippen LogP contribution in [0.4, 0.5) is 10.1 Å². The van der Waals surface area contributed by atoms with Gasteiger partial charge in [-0.1, -0.05) is 11.8 Å². The molecule has 1 amide bonds. The van der Waals surface area contributed by atoms with Crippen molar-refractivity contribution in [3.05, 3.63) is 46.3 Å². The first kappa shape index (κ1) is 20.8. The van der Waals surface area contributed by atoms with Crippen LogP contribution in [0.1, 0.15) is 36.0 Å². The van der Waals surface area contributed by atoms with Gasteiger partial charge in [0.15, 0.2) is 0 Å². The summed E-state index contributed by atoms with van der Waals surface area (Å²) in [5.74, 6) is 0.210. The highest BCUT2D eigenvalue weighted by atomic mass is 32.2. The topological polar surface area (TPSA) is 69.9 Å². The van der Waals surface area contributed by atoms with Gasteiger partial charge in [-0.15, -0.1) is 11.3 Å². The number of thioether (sulfide) groups is 1. The SMILES string of the molecule is Cc1nc(SC(C)C(=O)N(CCC#N)c2ccc(F)cc2)c2c3c(sc2n1)CCC3. The fraction of sp³-hybridized carbons (Fsp3) is 0.364. The maximum absolute atomic E-state index is 13.3. The summed E-state index contributed by atoms with van der Waals surface area (Å²) >= 11 is 3.17. The summed E-state index contributed by atoms with van der Waals surface area (Å²) in [5.41, 5.74) is 1.92. The Morgan fingerprint density at radius 2 is 2.10 bits per heavy atom. The molecule has 0 aliphatic heterocycles. The Hall–Kier alpha value is -2.50. The number of aromatic nitrogens is 2. The number of halogens is 1. The van der Waals surface area contributed by atoms with Gasteiger partial charge in [0.05, 0.1) is 17.7 Å². The van der Waals surface area contributed by atoms with Crippen LogP contribution < -0.4 is 4.90 Å². The number of carbonyl (C=O) groups excluding carboxylic acids is 1. The molecule has 8 heteroatoms. The zero-order chi connectivity index (χ0) is 21.3. The summed E-state index contributed by atoms with van der Waals surface area (Å²) < 4.78 is 13.3. The quantitative estimate of drug-likeness (QED) is 0.396. The number of aryl methyl sites for hydroxylation is 3. The third-order valence-electron chi connectivity index (χ3n) is 5.13. The predicted octanol–water partition coefficient (Wildman–Crippen LogP) is 5.06. The average molecular weight is 441 g/mol. The fourth-order valence-electron chi connectivity index (χ4n) is 3.74. The molecule has 3 aromatic rings. The highest BCUT2D eigenvalue weighted by molar-refractivity contribution is 8.00. The predicted molar refractivity (Wildman–Crippen MR) is 118 cm³/mol. The minimum absolute atomic E-state index is 0.127. The Labute approximate surface area is 182 Å². The van der Waals surface area contributed by atoms with Crippen LogP contribution in [0.15, 0.2) is 29.3 Å². The molecule has 0 fully saturated rings. The Bertz CT molecular complexity index is 1140. The van der Waals surface area contributed by atoms with Gasteiger partial charge in [0, 0.05) is 22.5 Å². The molecule has 154 valence electrons. The second kappa shape index (κ2) is 8.70. The molecule has 0 N–H and O–H groups in total. The first-order chi connectivity index (χ1) is 14.5. The highest BCUT2D eigenvalue weighted by Crippen LogP contribution is 2.41. The van der Waals surface area contributed by atoms with Gasteiger partial charge in [0.25, 0.3) is 0 Å². The van der Waals surface area contributed by atoms with E-state index >= 15 is 0 Å². The van der Waals surface area contributed by atoms with Gasteiger partial charge < -0.3 is 4.90 Å². The molecule has 1 atom stereocenters. The Morgan fingerprint density at radius 3 is 2.83 bits per heavy atom. The number of hydrogen-bond donors (Lipinski definition) is 0. The van der Waals surface area contributed by atoms with E-state index in [1.807, 2.05) is 13.8 Å². The molecule has 1 aliphatic rings. The third kappa shape index (κ3) is 4.05. The lowest BCUT2D eigenvalue weighted by atomic mass is 10.2. The maximum atomic E-state index is 13.3. The van der Waals surface area contributed by atoms with E-state index in [0.29, 0.717) is 11.5 Å². The lowest BCUT2D eigenvalue weighted by molar-refractivity contribution is -0.117. The fourth-order valence-corrected chi connectivity index (χ4v) is 6.19.